The van der Waals surface area contributed by atoms with Crippen molar-refractivity contribution in [2.24, 2.45) is 0 Å². The van der Waals surface area contributed by atoms with E-state index in [1.165, 1.54) is 11.8 Å². The van der Waals surface area contributed by atoms with Crippen LogP contribution in [0.15, 0.2) is 35.2 Å². The topological polar surface area (TPSA) is 49.8 Å². The van der Waals surface area contributed by atoms with E-state index in [-0.39, 0.29) is 18.0 Å². The standard InChI is InChI=1S/C13H14O3S/c1-13(17-8-5-3-2-4-6-8)7-9(14)10-11(16-10)12(13)15/h2-6,9-11,14H,7H2,1H3/t9-,10-,11-,13-/m0/s1. The quantitative estimate of drug-likeness (QED) is 0.811. The van der Waals surface area contributed by atoms with Gasteiger partial charge in [0.15, 0.2) is 5.78 Å². The van der Waals surface area contributed by atoms with Gasteiger partial charge >= 0.3 is 0 Å². The first-order chi connectivity index (χ1) is 8.10. The number of aliphatic hydroxyl groups is 1. The Bertz CT molecular complexity index is 447. The number of hydrogen-bond acceptors (Lipinski definition) is 4. The van der Waals surface area contributed by atoms with Gasteiger partial charge < -0.3 is 9.84 Å². The summed E-state index contributed by atoms with van der Waals surface area (Å²) in [6.45, 7) is 1.90. The summed E-state index contributed by atoms with van der Waals surface area (Å²) in [5.74, 6) is 0.113. The Morgan fingerprint density at radius 2 is 2.12 bits per heavy atom. The van der Waals surface area contributed by atoms with Gasteiger partial charge in [-0.3, -0.25) is 4.79 Å². The fourth-order valence-electron chi connectivity index (χ4n) is 2.38. The number of fused-ring (bicyclic) bond motifs is 1. The fourth-order valence-corrected chi connectivity index (χ4v) is 3.67. The third kappa shape index (κ3) is 1.90. The summed E-state index contributed by atoms with van der Waals surface area (Å²) in [4.78, 5) is 13.2. The van der Waals surface area contributed by atoms with Gasteiger partial charge in [0, 0.05) is 4.90 Å². The molecule has 1 saturated heterocycles. The Morgan fingerprint density at radius 3 is 2.82 bits per heavy atom. The maximum Gasteiger partial charge on any atom is 0.180 e. The van der Waals surface area contributed by atoms with E-state index < -0.39 is 10.9 Å². The van der Waals surface area contributed by atoms with Gasteiger partial charge in [0.1, 0.15) is 12.2 Å². The van der Waals surface area contributed by atoms with Gasteiger partial charge in [-0.05, 0) is 25.5 Å². The third-order valence-electron chi connectivity index (χ3n) is 3.37. The SMILES string of the molecule is C[C@]1(Sc2ccccc2)C[C@H](O)[C@@H]2O[C@@H]2C1=O. The Balaban J connectivity index is 1.83. The van der Waals surface area contributed by atoms with Crippen molar-refractivity contribution in [3.8, 4) is 0 Å². The molecule has 2 fully saturated rings. The number of rotatable bonds is 2. The summed E-state index contributed by atoms with van der Waals surface area (Å²) >= 11 is 1.52. The van der Waals surface area contributed by atoms with E-state index in [9.17, 15) is 9.90 Å². The van der Waals surface area contributed by atoms with Crippen molar-refractivity contribution in [2.75, 3.05) is 0 Å². The van der Waals surface area contributed by atoms with Crippen LogP contribution in [0.2, 0.25) is 0 Å². The summed E-state index contributed by atoms with van der Waals surface area (Å²) in [7, 11) is 0. The highest BCUT2D eigenvalue weighted by molar-refractivity contribution is 8.01. The number of ketones is 1. The Hall–Kier alpha value is -0.840. The van der Waals surface area contributed by atoms with Crippen LogP contribution in [-0.2, 0) is 9.53 Å². The van der Waals surface area contributed by atoms with Gasteiger partial charge in [0.2, 0.25) is 0 Å². The molecule has 1 aromatic carbocycles. The normalized spacial score (nSPS) is 39.9. The van der Waals surface area contributed by atoms with Crippen LogP contribution in [0, 0.1) is 0 Å². The minimum absolute atomic E-state index is 0.113. The molecule has 3 rings (SSSR count). The minimum atomic E-state index is -0.571. The van der Waals surface area contributed by atoms with Crippen LogP contribution in [0.5, 0.6) is 0 Å². The molecule has 4 heteroatoms. The molecule has 2 aliphatic rings. The lowest BCUT2D eigenvalue weighted by Crippen LogP contribution is -2.45. The Morgan fingerprint density at radius 1 is 1.41 bits per heavy atom. The molecule has 1 aliphatic heterocycles. The highest BCUT2D eigenvalue weighted by atomic mass is 32.2. The van der Waals surface area contributed by atoms with Crippen molar-refractivity contribution in [1.29, 1.82) is 0 Å². The molecule has 0 unspecified atom stereocenters. The molecule has 17 heavy (non-hydrogen) atoms. The molecule has 0 amide bonds. The maximum absolute atomic E-state index is 12.2. The number of carbonyl (C=O) groups is 1. The van der Waals surface area contributed by atoms with Crippen LogP contribution in [0.4, 0.5) is 0 Å². The van der Waals surface area contributed by atoms with Crippen LogP contribution in [0.1, 0.15) is 13.3 Å². The first kappa shape index (κ1) is 11.3. The molecule has 0 spiro atoms. The number of thioether (sulfide) groups is 1. The second kappa shape index (κ2) is 3.83. The van der Waals surface area contributed by atoms with Crippen molar-refractivity contribution in [3.05, 3.63) is 30.3 Å². The van der Waals surface area contributed by atoms with Gasteiger partial charge in [-0.15, -0.1) is 11.8 Å². The molecule has 1 heterocycles. The number of aliphatic hydroxyl groups excluding tert-OH is 1. The predicted molar refractivity (Wildman–Crippen MR) is 65.0 cm³/mol. The molecular formula is C13H14O3S. The summed E-state index contributed by atoms with van der Waals surface area (Å²) in [5.41, 5.74) is 0. The average molecular weight is 250 g/mol. The van der Waals surface area contributed by atoms with Crippen LogP contribution < -0.4 is 0 Å². The lowest BCUT2D eigenvalue weighted by molar-refractivity contribution is -0.123. The lowest BCUT2D eigenvalue weighted by Gasteiger charge is -2.31. The number of hydrogen-bond donors (Lipinski definition) is 1. The molecule has 0 radical (unpaired) electrons. The zero-order chi connectivity index (χ0) is 12.0. The molecule has 1 saturated carbocycles. The Kier molecular flexibility index (Phi) is 2.54. The van der Waals surface area contributed by atoms with Crippen molar-refractivity contribution >= 4 is 17.5 Å². The third-order valence-corrected chi connectivity index (χ3v) is 4.70. The number of epoxide rings is 1. The van der Waals surface area contributed by atoms with Crippen LogP contribution in [0.3, 0.4) is 0 Å². The molecular weight excluding hydrogens is 236 g/mol. The number of ether oxygens (including phenoxy) is 1. The second-order valence-electron chi connectivity index (χ2n) is 4.80. The maximum atomic E-state index is 12.2. The number of Topliss-reactive ketones (excluding diaryl/α,β-unsaturated/α-hetero) is 1. The largest absolute Gasteiger partial charge is 0.390 e. The fraction of sp³-hybridized carbons (Fsp3) is 0.462. The van der Waals surface area contributed by atoms with Crippen molar-refractivity contribution in [2.45, 2.75) is 41.3 Å². The molecule has 4 atom stereocenters. The monoisotopic (exact) mass is 250 g/mol. The molecule has 1 aliphatic carbocycles. The van der Waals surface area contributed by atoms with Crippen molar-refractivity contribution in [3.63, 3.8) is 0 Å². The number of benzene rings is 1. The molecule has 3 nitrogen and oxygen atoms in total. The van der Waals surface area contributed by atoms with E-state index in [0.29, 0.717) is 6.42 Å². The van der Waals surface area contributed by atoms with Crippen LogP contribution in [-0.4, -0.2) is 33.9 Å². The van der Waals surface area contributed by atoms with Crippen molar-refractivity contribution < 1.29 is 14.6 Å². The second-order valence-corrected chi connectivity index (χ2v) is 6.38. The zero-order valence-electron chi connectivity index (χ0n) is 9.50. The lowest BCUT2D eigenvalue weighted by atomic mass is 9.86. The van der Waals surface area contributed by atoms with E-state index >= 15 is 0 Å². The van der Waals surface area contributed by atoms with Crippen LogP contribution >= 0.6 is 11.8 Å². The first-order valence-electron chi connectivity index (χ1n) is 5.72. The van der Waals surface area contributed by atoms with E-state index in [4.69, 9.17) is 4.74 Å². The van der Waals surface area contributed by atoms with Gasteiger partial charge in [-0.1, -0.05) is 18.2 Å². The summed E-state index contributed by atoms with van der Waals surface area (Å²) < 4.78 is 4.65. The molecule has 1 N–H and O–H groups in total. The molecule has 1 aromatic rings. The highest BCUT2D eigenvalue weighted by Crippen LogP contribution is 2.47. The van der Waals surface area contributed by atoms with E-state index in [0.717, 1.165) is 4.90 Å². The molecule has 0 aromatic heterocycles. The summed E-state index contributed by atoms with van der Waals surface area (Å²) in [6.07, 6.45) is -0.669. The predicted octanol–water partition coefficient (Wildman–Crippen LogP) is 1.64. The summed E-state index contributed by atoms with van der Waals surface area (Å²) in [6, 6.07) is 9.81. The van der Waals surface area contributed by atoms with Gasteiger partial charge in [0.05, 0.1) is 10.9 Å². The van der Waals surface area contributed by atoms with Gasteiger partial charge in [-0.25, -0.2) is 0 Å². The summed E-state index contributed by atoms with van der Waals surface area (Å²) in [5, 5.41) is 9.86. The van der Waals surface area contributed by atoms with E-state index in [1.807, 2.05) is 37.3 Å². The number of carbonyl (C=O) groups excluding carboxylic acids is 1. The minimum Gasteiger partial charge on any atom is -0.390 e. The van der Waals surface area contributed by atoms with E-state index in [2.05, 4.69) is 0 Å². The first-order valence-corrected chi connectivity index (χ1v) is 6.54. The zero-order valence-corrected chi connectivity index (χ0v) is 10.3. The van der Waals surface area contributed by atoms with Crippen LogP contribution in [0.25, 0.3) is 0 Å². The Labute approximate surface area is 104 Å². The molecule has 90 valence electrons. The van der Waals surface area contributed by atoms with Crippen molar-refractivity contribution in [1.82, 2.24) is 0 Å². The van der Waals surface area contributed by atoms with Gasteiger partial charge in [0.25, 0.3) is 0 Å². The van der Waals surface area contributed by atoms with E-state index in [1.54, 1.807) is 0 Å². The molecule has 0 bridgehead atoms. The average Bonchev–Trinajstić information content (AvgIpc) is 3.08. The smallest absolute Gasteiger partial charge is 0.180 e. The van der Waals surface area contributed by atoms with Gasteiger partial charge in [-0.2, -0.15) is 0 Å². The highest BCUT2D eigenvalue weighted by Gasteiger charge is 2.60.